The average molecular weight is 701 g/mol. The Labute approximate surface area is 294 Å². The average Bonchev–Trinajstić information content (AvgIpc) is 3.82. The second kappa shape index (κ2) is 13.1. The van der Waals surface area contributed by atoms with Gasteiger partial charge in [0.25, 0.3) is 5.91 Å². The van der Waals surface area contributed by atoms with E-state index in [4.69, 9.17) is 31.2 Å². The van der Waals surface area contributed by atoms with Gasteiger partial charge < -0.3 is 19.5 Å². The highest BCUT2D eigenvalue weighted by atomic mass is 35.5. The number of likely N-dealkylation sites (tertiary alicyclic amines) is 1. The lowest BCUT2D eigenvalue weighted by Crippen LogP contribution is -2.43. The predicted molar refractivity (Wildman–Crippen MR) is 193 cm³/mol. The van der Waals surface area contributed by atoms with Gasteiger partial charge in [-0.15, -0.1) is 11.3 Å². The second-order valence-electron chi connectivity index (χ2n) is 14.1. The fourth-order valence-electron chi connectivity index (χ4n) is 7.24. The minimum absolute atomic E-state index is 0.121. The topological polar surface area (TPSA) is 107 Å². The second-order valence-corrected chi connectivity index (χ2v) is 15.6. The van der Waals surface area contributed by atoms with Crippen molar-refractivity contribution in [3.8, 4) is 21.7 Å². The van der Waals surface area contributed by atoms with E-state index in [9.17, 15) is 14.7 Å². The Balaban J connectivity index is 1.28. The molecule has 1 N–H and O–H groups in total. The zero-order valence-corrected chi connectivity index (χ0v) is 30.0. The van der Waals surface area contributed by atoms with Crippen molar-refractivity contribution < 1.29 is 24.2 Å². The molecule has 5 aromatic rings. The molecule has 3 aromatic carbocycles. The molecule has 9 nitrogen and oxygen atoms in total. The zero-order valence-electron chi connectivity index (χ0n) is 28.5. The first kappa shape index (κ1) is 33.7. The number of aryl methyl sites for hydroxylation is 2. The van der Waals surface area contributed by atoms with Crippen LogP contribution in [0.2, 0.25) is 5.02 Å². The SMILES string of the molecule is Cc1cc2nc(-c3ccc4c(c3)c(C3CCN(C(=O)[C@@H]5CCCO5)CC3)nn4C)sc2c(-c2ccc(Cl)cc2)c1C(OC(C)(C)C)C(=O)O. The third-order valence-corrected chi connectivity index (χ3v) is 10.9. The van der Waals surface area contributed by atoms with E-state index in [-0.39, 0.29) is 17.9 Å². The minimum Gasteiger partial charge on any atom is -0.479 e. The Morgan fingerprint density at radius 1 is 1.06 bits per heavy atom. The van der Waals surface area contributed by atoms with Crippen molar-refractivity contribution >= 4 is 55.9 Å². The molecule has 2 fully saturated rings. The van der Waals surface area contributed by atoms with E-state index in [2.05, 4.69) is 18.2 Å². The first-order valence-electron chi connectivity index (χ1n) is 16.9. The molecule has 49 heavy (non-hydrogen) atoms. The van der Waals surface area contributed by atoms with Crippen LogP contribution >= 0.6 is 22.9 Å². The van der Waals surface area contributed by atoms with Crippen LogP contribution in [-0.2, 0) is 26.1 Å². The Kier molecular flexibility index (Phi) is 9.02. The third kappa shape index (κ3) is 6.59. The van der Waals surface area contributed by atoms with Gasteiger partial charge in [-0.2, -0.15) is 5.10 Å². The number of hydrogen-bond acceptors (Lipinski definition) is 7. The first-order chi connectivity index (χ1) is 23.4. The fourth-order valence-corrected chi connectivity index (χ4v) is 8.49. The number of carboxylic acid groups (broad SMARTS) is 1. The van der Waals surface area contributed by atoms with E-state index in [1.807, 2.05) is 74.7 Å². The van der Waals surface area contributed by atoms with Gasteiger partial charge in [0.05, 0.1) is 27.0 Å². The Hall–Kier alpha value is -3.83. The normalized spacial score (nSPS) is 18.1. The lowest BCUT2D eigenvalue weighted by atomic mass is 9.91. The number of benzene rings is 3. The number of fused-ring (bicyclic) bond motifs is 2. The van der Waals surface area contributed by atoms with Gasteiger partial charge in [-0.1, -0.05) is 23.7 Å². The summed E-state index contributed by atoms with van der Waals surface area (Å²) in [5.41, 5.74) is 6.21. The molecular formula is C38H41ClN4O5S. The maximum Gasteiger partial charge on any atom is 0.337 e. The van der Waals surface area contributed by atoms with Crippen molar-refractivity contribution in [1.29, 1.82) is 0 Å². The van der Waals surface area contributed by atoms with Gasteiger partial charge in [0.2, 0.25) is 0 Å². The largest absolute Gasteiger partial charge is 0.479 e. The standard InChI is InChI=1S/C38H41ClN4O5S/c1-21-19-27-34(31(22-8-11-25(39)12-9-22)30(21)33(37(45)46)48-38(2,3)4)49-35(40-27)24-10-13-28-26(20-24)32(41-42(28)5)23-14-16-43(17-15-23)36(44)29-7-6-18-47-29/h8-13,19-20,23,29,33H,6-7,14-18H2,1-5H3,(H,45,46)/t29-,33?/m0/s1. The molecule has 2 aliphatic heterocycles. The van der Waals surface area contributed by atoms with Crippen molar-refractivity contribution in [3.63, 3.8) is 0 Å². The Morgan fingerprint density at radius 3 is 2.43 bits per heavy atom. The number of rotatable bonds is 7. The van der Waals surface area contributed by atoms with Gasteiger partial charge in [-0.05, 0) is 101 Å². The number of ether oxygens (including phenoxy) is 2. The zero-order chi connectivity index (χ0) is 34.6. The van der Waals surface area contributed by atoms with Crippen molar-refractivity contribution in [2.24, 2.45) is 7.05 Å². The molecule has 0 spiro atoms. The van der Waals surface area contributed by atoms with Crippen LogP contribution in [0.1, 0.15) is 75.3 Å². The molecule has 2 aromatic heterocycles. The van der Waals surface area contributed by atoms with Crippen LogP contribution < -0.4 is 0 Å². The van der Waals surface area contributed by atoms with Gasteiger partial charge in [-0.3, -0.25) is 9.48 Å². The minimum atomic E-state index is -1.18. The van der Waals surface area contributed by atoms with E-state index in [0.717, 1.165) is 79.8 Å². The van der Waals surface area contributed by atoms with E-state index in [1.165, 1.54) is 0 Å². The van der Waals surface area contributed by atoms with Crippen LogP contribution in [0.15, 0.2) is 48.5 Å². The van der Waals surface area contributed by atoms with E-state index < -0.39 is 17.7 Å². The molecule has 4 heterocycles. The van der Waals surface area contributed by atoms with Crippen LogP contribution in [0.5, 0.6) is 0 Å². The van der Waals surface area contributed by atoms with Gasteiger partial charge in [0.1, 0.15) is 11.1 Å². The summed E-state index contributed by atoms with van der Waals surface area (Å²) in [6.45, 7) is 9.57. The number of carbonyl (C=O) groups excluding carboxylic acids is 1. The highest BCUT2D eigenvalue weighted by molar-refractivity contribution is 7.22. The lowest BCUT2D eigenvalue weighted by molar-refractivity contribution is -0.160. The predicted octanol–water partition coefficient (Wildman–Crippen LogP) is 8.30. The van der Waals surface area contributed by atoms with Crippen LogP contribution in [0.4, 0.5) is 0 Å². The molecule has 2 saturated heterocycles. The number of nitrogens with zero attached hydrogens (tertiary/aromatic N) is 4. The molecule has 0 bridgehead atoms. The molecule has 1 unspecified atom stereocenters. The smallest absolute Gasteiger partial charge is 0.337 e. The molecule has 2 aliphatic rings. The lowest BCUT2D eigenvalue weighted by Gasteiger charge is -2.32. The summed E-state index contributed by atoms with van der Waals surface area (Å²) in [6.07, 6.45) is 1.99. The van der Waals surface area contributed by atoms with Crippen LogP contribution in [-0.4, -0.2) is 68.0 Å². The monoisotopic (exact) mass is 700 g/mol. The van der Waals surface area contributed by atoms with Crippen molar-refractivity contribution in [2.45, 2.75) is 77.1 Å². The molecular weight excluding hydrogens is 660 g/mol. The van der Waals surface area contributed by atoms with Gasteiger partial charge >= 0.3 is 5.97 Å². The summed E-state index contributed by atoms with van der Waals surface area (Å²) in [5, 5.41) is 17.9. The Morgan fingerprint density at radius 2 is 1.78 bits per heavy atom. The number of halogens is 1. The summed E-state index contributed by atoms with van der Waals surface area (Å²) in [5.74, 6) is -0.690. The molecule has 2 atom stereocenters. The number of piperidine rings is 1. The summed E-state index contributed by atoms with van der Waals surface area (Å²) in [6, 6.07) is 15.8. The summed E-state index contributed by atoms with van der Waals surface area (Å²) < 4.78 is 14.7. The van der Waals surface area contributed by atoms with Gasteiger partial charge in [0, 0.05) is 59.8 Å². The van der Waals surface area contributed by atoms with E-state index >= 15 is 0 Å². The van der Waals surface area contributed by atoms with Crippen LogP contribution in [0, 0.1) is 6.92 Å². The number of hydrogen-bond donors (Lipinski definition) is 1. The van der Waals surface area contributed by atoms with E-state index in [0.29, 0.717) is 30.3 Å². The maximum absolute atomic E-state index is 13.0. The summed E-state index contributed by atoms with van der Waals surface area (Å²) in [4.78, 5) is 32.8. The number of carboxylic acids is 1. The van der Waals surface area contributed by atoms with Crippen LogP contribution in [0.3, 0.4) is 0 Å². The molecule has 7 rings (SSSR count). The van der Waals surface area contributed by atoms with Crippen LogP contribution in [0.25, 0.3) is 42.8 Å². The number of aliphatic carboxylic acids is 1. The molecule has 0 saturated carbocycles. The van der Waals surface area contributed by atoms with Crippen molar-refractivity contribution in [1.82, 2.24) is 19.7 Å². The maximum atomic E-state index is 13.0. The first-order valence-corrected chi connectivity index (χ1v) is 18.1. The Bertz CT molecular complexity index is 2050. The number of aromatic nitrogens is 3. The molecule has 256 valence electrons. The highest BCUT2D eigenvalue weighted by Gasteiger charge is 2.34. The number of carbonyl (C=O) groups is 2. The summed E-state index contributed by atoms with van der Waals surface area (Å²) >= 11 is 7.82. The van der Waals surface area contributed by atoms with E-state index in [1.54, 1.807) is 11.3 Å². The molecule has 11 heteroatoms. The molecule has 0 radical (unpaired) electrons. The van der Waals surface area contributed by atoms with Crippen molar-refractivity contribution in [2.75, 3.05) is 19.7 Å². The van der Waals surface area contributed by atoms with Gasteiger partial charge in [0.15, 0.2) is 6.10 Å². The third-order valence-electron chi connectivity index (χ3n) is 9.54. The van der Waals surface area contributed by atoms with Gasteiger partial charge in [-0.25, -0.2) is 9.78 Å². The van der Waals surface area contributed by atoms with Crippen molar-refractivity contribution in [3.05, 3.63) is 70.4 Å². The highest BCUT2D eigenvalue weighted by Crippen LogP contribution is 2.45. The number of thiazole rings is 1. The molecule has 0 aliphatic carbocycles. The fraction of sp³-hybridized carbons (Fsp3) is 0.421. The molecule has 1 amide bonds. The number of amides is 1. The summed E-state index contributed by atoms with van der Waals surface area (Å²) in [7, 11) is 1.97. The quantitative estimate of drug-likeness (QED) is 0.182.